The summed E-state index contributed by atoms with van der Waals surface area (Å²) in [4.78, 5) is 28.8. The molecule has 1 saturated heterocycles. The lowest BCUT2D eigenvalue weighted by molar-refractivity contribution is -0.121. The fraction of sp³-hybridized carbons (Fsp3) is 0.300. The zero-order valence-electron chi connectivity index (χ0n) is 22.3. The summed E-state index contributed by atoms with van der Waals surface area (Å²) in [5, 5.41) is 14.3. The summed E-state index contributed by atoms with van der Waals surface area (Å²) in [6, 6.07) is 19.0. The van der Waals surface area contributed by atoms with E-state index in [-0.39, 0.29) is 28.8 Å². The first kappa shape index (κ1) is 27.4. The molecule has 11 heteroatoms. The molecule has 1 atom stereocenters. The first-order valence-electron chi connectivity index (χ1n) is 13.7. The zero-order valence-corrected chi connectivity index (χ0v) is 23.9. The van der Waals surface area contributed by atoms with Crippen molar-refractivity contribution in [1.82, 2.24) is 14.1 Å². The van der Waals surface area contributed by atoms with Gasteiger partial charge in [-0.15, -0.1) is 11.3 Å². The van der Waals surface area contributed by atoms with Crippen LogP contribution in [-0.4, -0.2) is 58.6 Å². The van der Waals surface area contributed by atoms with Gasteiger partial charge in [0.05, 0.1) is 28.9 Å². The molecular formula is C30H30N4O5S2. The molecule has 1 aliphatic carbocycles. The maximum absolute atomic E-state index is 13.9. The van der Waals surface area contributed by atoms with Crippen LogP contribution < -0.4 is 4.90 Å². The van der Waals surface area contributed by atoms with Gasteiger partial charge in [0.1, 0.15) is 4.88 Å². The molecule has 0 radical (unpaired) electrons. The van der Waals surface area contributed by atoms with Crippen LogP contribution in [0.1, 0.15) is 41.8 Å². The molecule has 2 aliphatic rings. The van der Waals surface area contributed by atoms with Gasteiger partial charge in [-0.1, -0.05) is 49.6 Å². The molecule has 4 aromatic rings. The minimum atomic E-state index is -3.98. The zero-order chi connectivity index (χ0) is 28.6. The van der Waals surface area contributed by atoms with E-state index in [2.05, 4.69) is 5.10 Å². The fourth-order valence-corrected chi connectivity index (χ4v) is 8.34. The predicted molar refractivity (Wildman–Crippen MR) is 157 cm³/mol. The number of thiophene rings is 1. The number of carbonyl (C=O) groups excluding carboxylic acids is 1. The summed E-state index contributed by atoms with van der Waals surface area (Å²) in [6.45, 7) is -0.253. The third-order valence-electron chi connectivity index (χ3n) is 7.96. The number of nitrogens with zero attached hydrogens (tertiary/aromatic N) is 4. The minimum Gasteiger partial charge on any atom is -0.477 e. The van der Waals surface area contributed by atoms with Crippen molar-refractivity contribution >= 4 is 38.9 Å². The molecule has 1 unspecified atom stereocenters. The van der Waals surface area contributed by atoms with Crippen LogP contribution in [0.4, 0.5) is 5.69 Å². The van der Waals surface area contributed by atoms with E-state index in [0.717, 1.165) is 59.6 Å². The molecule has 2 aromatic carbocycles. The van der Waals surface area contributed by atoms with Crippen LogP contribution in [0.15, 0.2) is 84.0 Å². The number of carboxylic acids is 1. The lowest BCUT2D eigenvalue weighted by Gasteiger charge is -2.44. The molecule has 41 heavy (non-hydrogen) atoms. The Bertz CT molecular complexity index is 1640. The van der Waals surface area contributed by atoms with Crippen LogP contribution >= 0.6 is 11.3 Å². The first-order valence-corrected chi connectivity index (χ1v) is 15.9. The summed E-state index contributed by atoms with van der Waals surface area (Å²) in [5.41, 5.74) is 1.94. The molecule has 2 fully saturated rings. The Labute approximate surface area is 242 Å². The van der Waals surface area contributed by atoms with Gasteiger partial charge in [-0.05, 0) is 60.7 Å². The van der Waals surface area contributed by atoms with Gasteiger partial charge in [-0.25, -0.2) is 17.9 Å². The van der Waals surface area contributed by atoms with Crippen LogP contribution in [0.5, 0.6) is 0 Å². The third-order valence-corrected chi connectivity index (χ3v) is 11.0. The summed E-state index contributed by atoms with van der Waals surface area (Å²) < 4.78 is 30.5. The molecular weight excluding hydrogens is 560 g/mol. The highest BCUT2D eigenvalue weighted by Crippen LogP contribution is 2.42. The van der Waals surface area contributed by atoms with Crippen molar-refractivity contribution in [2.45, 2.75) is 43.0 Å². The molecule has 0 spiro atoms. The average molecular weight is 591 g/mol. The Morgan fingerprint density at radius 3 is 2.37 bits per heavy atom. The number of sulfonamides is 1. The fourth-order valence-electron chi connectivity index (χ4n) is 5.94. The lowest BCUT2D eigenvalue weighted by atomic mass is 9.82. The summed E-state index contributed by atoms with van der Waals surface area (Å²) in [6.07, 6.45) is 8.23. The molecule has 1 N–H and O–H groups in total. The molecule has 1 aliphatic heterocycles. The summed E-state index contributed by atoms with van der Waals surface area (Å²) >= 11 is 1.14. The number of rotatable bonds is 7. The molecule has 3 heterocycles. The van der Waals surface area contributed by atoms with Crippen LogP contribution in [0, 0.1) is 5.92 Å². The van der Waals surface area contributed by atoms with Gasteiger partial charge in [-0.3, -0.25) is 4.79 Å². The van der Waals surface area contributed by atoms with E-state index in [4.69, 9.17) is 0 Å². The number of aromatic carboxylic acids is 1. The number of hydrogen-bond donors (Lipinski definition) is 1. The highest BCUT2D eigenvalue weighted by atomic mass is 32.2. The quantitative estimate of drug-likeness (QED) is 0.313. The van der Waals surface area contributed by atoms with Gasteiger partial charge in [0.2, 0.25) is 15.9 Å². The normalized spacial score (nSPS) is 19.0. The molecule has 0 bridgehead atoms. The van der Waals surface area contributed by atoms with Crippen molar-refractivity contribution < 1.29 is 23.1 Å². The van der Waals surface area contributed by atoms with E-state index in [1.54, 1.807) is 46.2 Å². The monoisotopic (exact) mass is 590 g/mol. The third kappa shape index (κ3) is 5.32. The number of anilines is 1. The van der Waals surface area contributed by atoms with Gasteiger partial charge in [0.25, 0.3) is 0 Å². The van der Waals surface area contributed by atoms with Crippen molar-refractivity contribution in [2.24, 2.45) is 5.92 Å². The predicted octanol–water partition coefficient (Wildman–Crippen LogP) is 5.29. The molecule has 6 rings (SSSR count). The smallest absolute Gasteiger partial charge is 0.348 e. The Hall–Kier alpha value is -3.80. The second-order valence-electron chi connectivity index (χ2n) is 10.5. The SMILES string of the molecule is O=C(O)c1sc(-c2ccccc2)cc1N1C(=O)CN(S(=O)(=O)c2ccc(-n3cccn3)cc2)CC1C1CCCCC1. The Kier molecular flexibility index (Phi) is 7.50. The lowest BCUT2D eigenvalue weighted by Crippen LogP contribution is -2.60. The van der Waals surface area contributed by atoms with Crippen LogP contribution in [0.25, 0.3) is 16.1 Å². The standard InChI is InChI=1S/C30H30N4O5S2/c35-28-20-32(41(38,39)24-14-12-23(13-15-24)33-17-7-16-31-33)19-26(21-8-3-1-4-9-21)34(28)25-18-27(40-29(25)30(36)37)22-10-5-2-6-11-22/h2,5-7,10-18,21,26H,1,3-4,8-9,19-20H2,(H,36,37). The van der Waals surface area contributed by atoms with Gasteiger partial charge < -0.3 is 10.0 Å². The molecule has 212 valence electrons. The van der Waals surface area contributed by atoms with Crippen molar-refractivity contribution in [3.8, 4) is 16.1 Å². The summed E-state index contributed by atoms with van der Waals surface area (Å²) in [7, 11) is -3.98. The van der Waals surface area contributed by atoms with Crippen molar-refractivity contribution in [3.63, 3.8) is 0 Å². The van der Waals surface area contributed by atoms with E-state index in [9.17, 15) is 23.1 Å². The maximum atomic E-state index is 13.9. The number of benzene rings is 2. The molecule has 2 aromatic heterocycles. The number of aromatic nitrogens is 2. The van der Waals surface area contributed by atoms with E-state index in [1.807, 2.05) is 30.3 Å². The Morgan fingerprint density at radius 1 is 0.976 bits per heavy atom. The summed E-state index contributed by atoms with van der Waals surface area (Å²) in [5.74, 6) is -1.45. The van der Waals surface area contributed by atoms with E-state index in [0.29, 0.717) is 5.69 Å². The van der Waals surface area contributed by atoms with Gasteiger partial charge in [-0.2, -0.15) is 9.40 Å². The van der Waals surface area contributed by atoms with Crippen molar-refractivity contribution in [1.29, 1.82) is 0 Å². The molecule has 9 nitrogen and oxygen atoms in total. The number of amides is 1. The number of carbonyl (C=O) groups is 2. The van der Waals surface area contributed by atoms with E-state index < -0.39 is 27.9 Å². The minimum absolute atomic E-state index is 0.0645. The highest BCUT2D eigenvalue weighted by molar-refractivity contribution is 7.89. The maximum Gasteiger partial charge on any atom is 0.348 e. The molecule has 1 amide bonds. The number of hydrogen-bond acceptors (Lipinski definition) is 6. The largest absolute Gasteiger partial charge is 0.477 e. The van der Waals surface area contributed by atoms with Gasteiger partial charge in [0, 0.05) is 23.8 Å². The Balaban J connectivity index is 1.36. The molecule has 1 saturated carbocycles. The number of piperazine rings is 1. The average Bonchev–Trinajstić information content (AvgIpc) is 3.69. The number of carboxylic acid groups (broad SMARTS) is 1. The van der Waals surface area contributed by atoms with Crippen LogP contribution in [0.2, 0.25) is 0 Å². The van der Waals surface area contributed by atoms with Gasteiger partial charge >= 0.3 is 5.97 Å². The van der Waals surface area contributed by atoms with Crippen molar-refractivity contribution in [3.05, 3.63) is 84.0 Å². The van der Waals surface area contributed by atoms with Crippen LogP contribution in [-0.2, 0) is 14.8 Å². The van der Waals surface area contributed by atoms with E-state index in [1.165, 1.54) is 16.4 Å². The second kappa shape index (κ2) is 11.2. The first-order chi connectivity index (χ1) is 19.8. The Morgan fingerprint density at radius 2 is 1.71 bits per heavy atom. The van der Waals surface area contributed by atoms with Crippen molar-refractivity contribution in [2.75, 3.05) is 18.0 Å². The topological polar surface area (TPSA) is 113 Å². The van der Waals surface area contributed by atoms with Gasteiger partial charge in [0.15, 0.2) is 0 Å². The van der Waals surface area contributed by atoms with E-state index >= 15 is 0 Å². The highest BCUT2D eigenvalue weighted by Gasteiger charge is 2.44. The second-order valence-corrected chi connectivity index (χ2v) is 13.5. The van der Waals surface area contributed by atoms with Crippen LogP contribution in [0.3, 0.4) is 0 Å².